The van der Waals surface area contributed by atoms with E-state index in [0.717, 1.165) is 38.5 Å². The molecule has 1 aliphatic carbocycles. The minimum atomic E-state index is -0.710. The van der Waals surface area contributed by atoms with Crippen molar-refractivity contribution >= 4 is 24.2 Å². The number of amides is 2. The van der Waals surface area contributed by atoms with E-state index in [0.29, 0.717) is 19.5 Å². The van der Waals surface area contributed by atoms with E-state index in [9.17, 15) is 9.59 Å². The molecular weight excluding hydrogens is 266 g/mol. The summed E-state index contributed by atoms with van der Waals surface area (Å²) < 4.78 is 0. The topological polar surface area (TPSA) is 84.2 Å². The van der Waals surface area contributed by atoms with Crippen molar-refractivity contribution < 1.29 is 9.59 Å². The van der Waals surface area contributed by atoms with Gasteiger partial charge in [-0.15, -0.1) is 12.4 Å². The van der Waals surface area contributed by atoms with Crippen molar-refractivity contribution in [2.45, 2.75) is 57.4 Å². The van der Waals surface area contributed by atoms with Crippen molar-refractivity contribution in [3.8, 4) is 0 Å². The molecule has 0 aromatic carbocycles. The number of halogens is 1. The zero-order valence-corrected chi connectivity index (χ0v) is 12.5. The van der Waals surface area contributed by atoms with Gasteiger partial charge in [0.05, 0.1) is 5.54 Å². The Morgan fingerprint density at radius 2 is 1.74 bits per heavy atom. The highest BCUT2D eigenvalue weighted by Crippen LogP contribution is 2.25. The second-order valence-corrected chi connectivity index (χ2v) is 5.07. The summed E-state index contributed by atoms with van der Waals surface area (Å²) in [5.41, 5.74) is 5.38. The zero-order chi connectivity index (χ0) is 13.4. The molecule has 19 heavy (non-hydrogen) atoms. The third kappa shape index (κ3) is 6.25. The van der Waals surface area contributed by atoms with Gasteiger partial charge in [0.15, 0.2) is 0 Å². The van der Waals surface area contributed by atoms with Gasteiger partial charge in [-0.2, -0.15) is 0 Å². The Bertz CT molecular complexity index is 292. The molecule has 0 spiro atoms. The van der Waals surface area contributed by atoms with E-state index in [-0.39, 0.29) is 24.2 Å². The van der Waals surface area contributed by atoms with Gasteiger partial charge in [-0.05, 0) is 19.3 Å². The molecule has 4 N–H and O–H groups in total. The fourth-order valence-corrected chi connectivity index (χ4v) is 2.23. The monoisotopic (exact) mass is 291 g/mol. The lowest BCUT2D eigenvalue weighted by molar-refractivity contribution is -0.127. The molecule has 0 atom stereocenters. The van der Waals surface area contributed by atoms with E-state index in [1.807, 2.05) is 6.92 Å². The Morgan fingerprint density at radius 1 is 1.11 bits per heavy atom. The number of carbonyl (C=O) groups is 2. The molecule has 1 saturated carbocycles. The molecule has 1 fully saturated rings. The first kappa shape index (κ1) is 18.2. The first-order chi connectivity index (χ1) is 8.58. The molecule has 0 aliphatic heterocycles. The molecule has 0 heterocycles. The van der Waals surface area contributed by atoms with E-state index in [1.54, 1.807) is 0 Å². The van der Waals surface area contributed by atoms with E-state index in [2.05, 4.69) is 10.6 Å². The molecule has 112 valence electrons. The molecule has 6 heteroatoms. The lowest BCUT2D eigenvalue weighted by atomic mass is 9.82. The summed E-state index contributed by atoms with van der Waals surface area (Å²) in [5.74, 6) is -0.127. The van der Waals surface area contributed by atoms with Crippen molar-refractivity contribution in [3.05, 3.63) is 0 Å². The van der Waals surface area contributed by atoms with Gasteiger partial charge in [0.25, 0.3) is 0 Å². The molecule has 1 aliphatic rings. The van der Waals surface area contributed by atoms with Crippen LogP contribution in [0.15, 0.2) is 0 Å². The predicted molar refractivity (Wildman–Crippen MR) is 78.2 cm³/mol. The highest BCUT2D eigenvalue weighted by molar-refractivity contribution is 5.86. The van der Waals surface area contributed by atoms with Crippen LogP contribution >= 0.6 is 12.4 Å². The van der Waals surface area contributed by atoms with Gasteiger partial charge in [0, 0.05) is 19.5 Å². The summed E-state index contributed by atoms with van der Waals surface area (Å²) >= 11 is 0. The quantitative estimate of drug-likeness (QED) is 0.685. The second kappa shape index (κ2) is 9.15. The average molecular weight is 292 g/mol. The number of hydrogen-bond donors (Lipinski definition) is 3. The first-order valence-corrected chi connectivity index (χ1v) is 6.92. The zero-order valence-electron chi connectivity index (χ0n) is 11.7. The maximum atomic E-state index is 11.9. The van der Waals surface area contributed by atoms with E-state index in [1.165, 1.54) is 0 Å². The number of hydrogen-bond acceptors (Lipinski definition) is 3. The molecule has 0 aromatic heterocycles. The molecule has 0 aromatic rings. The normalized spacial score (nSPS) is 17.2. The molecule has 0 unspecified atom stereocenters. The lowest BCUT2D eigenvalue weighted by Gasteiger charge is -2.31. The van der Waals surface area contributed by atoms with Crippen LogP contribution in [0.3, 0.4) is 0 Å². The SMILES string of the molecule is CCCNC(=O)CCNC(=O)C1(N)CCCCC1.Cl. The van der Waals surface area contributed by atoms with Crippen LogP contribution in [0, 0.1) is 0 Å². The number of nitrogens with two attached hydrogens (primary N) is 1. The van der Waals surface area contributed by atoms with Gasteiger partial charge < -0.3 is 16.4 Å². The van der Waals surface area contributed by atoms with E-state index in [4.69, 9.17) is 5.73 Å². The predicted octanol–water partition coefficient (Wildman–Crippen LogP) is 1.10. The summed E-state index contributed by atoms with van der Waals surface area (Å²) in [4.78, 5) is 23.3. The standard InChI is InChI=1S/C13H25N3O2.ClH/c1-2-9-15-11(17)6-10-16-12(18)13(14)7-4-3-5-8-13;/h2-10,14H2,1H3,(H,15,17)(H,16,18);1H. The third-order valence-corrected chi connectivity index (χ3v) is 3.41. The number of nitrogens with one attached hydrogen (secondary N) is 2. The molecule has 0 bridgehead atoms. The van der Waals surface area contributed by atoms with Gasteiger partial charge in [-0.1, -0.05) is 26.2 Å². The summed E-state index contributed by atoms with van der Waals surface area (Å²) in [5, 5.41) is 5.55. The largest absolute Gasteiger partial charge is 0.356 e. The molecule has 1 rings (SSSR count). The van der Waals surface area contributed by atoms with Crippen LogP contribution in [0.5, 0.6) is 0 Å². The smallest absolute Gasteiger partial charge is 0.240 e. The minimum Gasteiger partial charge on any atom is -0.356 e. The van der Waals surface area contributed by atoms with Crippen LogP contribution in [-0.4, -0.2) is 30.4 Å². The van der Waals surface area contributed by atoms with Crippen molar-refractivity contribution in [1.82, 2.24) is 10.6 Å². The van der Waals surface area contributed by atoms with Crippen molar-refractivity contribution in [3.63, 3.8) is 0 Å². The Morgan fingerprint density at radius 3 is 2.32 bits per heavy atom. The Labute approximate surface area is 121 Å². The van der Waals surface area contributed by atoms with Crippen LogP contribution < -0.4 is 16.4 Å². The van der Waals surface area contributed by atoms with Crippen LogP contribution in [0.4, 0.5) is 0 Å². The number of carbonyl (C=O) groups excluding carboxylic acids is 2. The summed E-state index contributed by atoms with van der Waals surface area (Å²) in [6.45, 7) is 3.06. The van der Waals surface area contributed by atoms with Crippen LogP contribution in [0.25, 0.3) is 0 Å². The Balaban J connectivity index is 0.00000324. The van der Waals surface area contributed by atoms with Crippen molar-refractivity contribution in [2.24, 2.45) is 5.73 Å². The molecule has 0 radical (unpaired) electrons. The lowest BCUT2D eigenvalue weighted by Crippen LogP contribution is -2.55. The maximum Gasteiger partial charge on any atom is 0.240 e. The van der Waals surface area contributed by atoms with Gasteiger partial charge in [0.2, 0.25) is 11.8 Å². The molecular formula is C13H26ClN3O2. The van der Waals surface area contributed by atoms with Crippen LogP contribution in [0.2, 0.25) is 0 Å². The van der Waals surface area contributed by atoms with Gasteiger partial charge >= 0.3 is 0 Å². The summed E-state index contributed by atoms with van der Waals surface area (Å²) in [6, 6.07) is 0. The number of rotatable bonds is 6. The third-order valence-electron chi connectivity index (χ3n) is 3.41. The van der Waals surface area contributed by atoms with Crippen LogP contribution in [0.1, 0.15) is 51.9 Å². The van der Waals surface area contributed by atoms with E-state index >= 15 is 0 Å². The fraction of sp³-hybridized carbons (Fsp3) is 0.846. The molecule has 0 saturated heterocycles. The van der Waals surface area contributed by atoms with Crippen molar-refractivity contribution in [2.75, 3.05) is 13.1 Å². The molecule has 5 nitrogen and oxygen atoms in total. The van der Waals surface area contributed by atoms with E-state index < -0.39 is 5.54 Å². The van der Waals surface area contributed by atoms with Gasteiger partial charge in [0.1, 0.15) is 0 Å². The maximum absolute atomic E-state index is 11.9. The summed E-state index contributed by atoms with van der Waals surface area (Å²) in [7, 11) is 0. The molecule has 2 amide bonds. The highest BCUT2D eigenvalue weighted by Gasteiger charge is 2.34. The Hall–Kier alpha value is -0.810. The highest BCUT2D eigenvalue weighted by atomic mass is 35.5. The van der Waals surface area contributed by atoms with Gasteiger partial charge in [-0.25, -0.2) is 0 Å². The van der Waals surface area contributed by atoms with Crippen molar-refractivity contribution in [1.29, 1.82) is 0 Å². The Kier molecular flexibility index (Phi) is 8.76. The first-order valence-electron chi connectivity index (χ1n) is 6.92. The van der Waals surface area contributed by atoms with Crippen LogP contribution in [-0.2, 0) is 9.59 Å². The average Bonchev–Trinajstić information content (AvgIpc) is 2.37. The second-order valence-electron chi connectivity index (χ2n) is 5.07. The minimum absolute atomic E-state index is 0. The van der Waals surface area contributed by atoms with Gasteiger partial charge in [-0.3, -0.25) is 9.59 Å². The summed E-state index contributed by atoms with van der Waals surface area (Å²) in [6.07, 6.45) is 5.93. The fourth-order valence-electron chi connectivity index (χ4n) is 2.23.